The van der Waals surface area contributed by atoms with Crippen molar-refractivity contribution in [1.29, 1.82) is 0 Å². The minimum absolute atomic E-state index is 0.0700. The van der Waals surface area contributed by atoms with Gasteiger partial charge in [-0.3, -0.25) is 4.79 Å². The molecule has 0 bridgehead atoms. The van der Waals surface area contributed by atoms with Gasteiger partial charge in [-0.15, -0.1) is 0 Å². The van der Waals surface area contributed by atoms with Gasteiger partial charge in [0.05, 0.1) is 12.0 Å². The first kappa shape index (κ1) is 9.39. The van der Waals surface area contributed by atoms with Gasteiger partial charge in [-0.05, 0) is 12.0 Å². The number of allylic oxidation sites excluding steroid dienone is 2. The minimum Gasteiger partial charge on any atom is -0.478 e. The summed E-state index contributed by atoms with van der Waals surface area (Å²) in [5.41, 5.74) is 1.15. The summed E-state index contributed by atoms with van der Waals surface area (Å²) in [6, 6.07) is 0.0700. The molecular weight excluding hydrogens is 206 g/mol. The van der Waals surface area contributed by atoms with Crippen LogP contribution in [0.4, 0.5) is 0 Å². The Hall–Kier alpha value is -1.84. The second-order valence-corrected chi connectivity index (χ2v) is 4.30. The van der Waals surface area contributed by atoms with Crippen molar-refractivity contribution in [2.24, 2.45) is 5.92 Å². The number of carboxylic acid groups (broad SMARTS) is 1. The Balaban J connectivity index is 2.09. The van der Waals surface area contributed by atoms with Crippen molar-refractivity contribution < 1.29 is 14.7 Å². The molecule has 1 aliphatic carbocycles. The highest BCUT2D eigenvalue weighted by atomic mass is 16.4. The molecule has 1 fully saturated rings. The van der Waals surface area contributed by atoms with Crippen molar-refractivity contribution in [3.8, 4) is 0 Å². The van der Waals surface area contributed by atoms with Crippen LogP contribution in [0, 0.1) is 5.92 Å². The van der Waals surface area contributed by atoms with Crippen molar-refractivity contribution in [2.45, 2.75) is 12.5 Å². The Morgan fingerprint density at radius 2 is 2.31 bits per heavy atom. The summed E-state index contributed by atoms with van der Waals surface area (Å²) in [6.45, 7) is 0.804. The van der Waals surface area contributed by atoms with Gasteiger partial charge in [-0.2, -0.15) is 0 Å². The van der Waals surface area contributed by atoms with Crippen molar-refractivity contribution in [3.05, 3.63) is 35.6 Å². The van der Waals surface area contributed by atoms with E-state index in [1.165, 1.54) is 11.8 Å². The van der Waals surface area contributed by atoms with Crippen LogP contribution in [0.15, 0.2) is 35.6 Å². The number of ketones is 1. The van der Waals surface area contributed by atoms with E-state index in [-0.39, 0.29) is 23.3 Å². The highest BCUT2D eigenvalue weighted by Gasteiger charge is 2.43. The molecule has 4 nitrogen and oxygen atoms in total. The molecule has 1 saturated heterocycles. The van der Waals surface area contributed by atoms with E-state index in [0.717, 1.165) is 13.0 Å². The molecule has 0 spiro atoms. The average molecular weight is 217 g/mol. The SMILES string of the molecule is O=C(O)C1=CN2CCC3=CC=C[C@H](C1=O)[C@@H]32. The van der Waals surface area contributed by atoms with E-state index in [0.29, 0.717) is 0 Å². The number of carboxylic acids is 1. The Kier molecular flexibility index (Phi) is 1.80. The van der Waals surface area contributed by atoms with Gasteiger partial charge in [0.15, 0.2) is 5.78 Å². The zero-order chi connectivity index (χ0) is 11.3. The van der Waals surface area contributed by atoms with Crippen molar-refractivity contribution in [3.63, 3.8) is 0 Å². The maximum Gasteiger partial charge on any atom is 0.340 e. The van der Waals surface area contributed by atoms with E-state index in [9.17, 15) is 9.59 Å². The third kappa shape index (κ3) is 1.10. The Bertz CT molecular complexity index is 473. The van der Waals surface area contributed by atoms with Gasteiger partial charge in [-0.1, -0.05) is 18.2 Å². The molecule has 2 atom stereocenters. The number of hydrogen-bond acceptors (Lipinski definition) is 3. The lowest BCUT2D eigenvalue weighted by Crippen LogP contribution is -2.43. The van der Waals surface area contributed by atoms with E-state index in [1.54, 1.807) is 0 Å². The molecule has 1 N–H and O–H groups in total. The normalized spacial score (nSPS) is 31.0. The van der Waals surface area contributed by atoms with Crippen LogP contribution in [-0.2, 0) is 9.59 Å². The van der Waals surface area contributed by atoms with Crippen LogP contribution in [0.1, 0.15) is 6.42 Å². The van der Waals surface area contributed by atoms with E-state index in [4.69, 9.17) is 5.11 Å². The third-order valence-electron chi connectivity index (χ3n) is 3.46. The highest BCUT2D eigenvalue weighted by molar-refractivity contribution is 6.18. The molecule has 82 valence electrons. The summed E-state index contributed by atoms with van der Waals surface area (Å²) >= 11 is 0. The number of rotatable bonds is 1. The fraction of sp³-hybridized carbons (Fsp3) is 0.333. The number of hydrogen-bond donors (Lipinski definition) is 1. The number of Topliss-reactive ketones (excluding diaryl/α,β-unsaturated/α-hetero) is 1. The van der Waals surface area contributed by atoms with Crippen molar-refractivity contribution in [2.75, 3.05) is 6.54 Å². The van der Waals surface area contributed by atoms with Gasteiger partial charge in [0.2, 0.25) is 0 Å². The van der Waals surface area contributed by atoms with Gasteiger partial charge in [0.1, 0.15) is 5.57 Å². The summed E-state index contributed by atoms with van der Waals surface area (Å²) in [7, 11) is 0. The largest absolute Gasteiger partial charge is 0.478 e. The molecule has 0 aromatic heterocycles. The molecule has 0 aromatic carbocycles. The van der Waals surface area contributed by atoms with Crippen LogP contribution in [-0.4, -0.2) is 34.3 Å². The molecular formula is C12H11NO3. The first-order chi connectivity index (χ1) is 7.68. The average Bonchev–Trinajstić information content (AvgIpc) is 2.67. The quantitative estimate of drug-likeness (QED) is 0.658. The smallest absolute Gasteiger partial charge is 0.340 e. The van der Waals surface area contributed by atoms with Crippen LogP contribution >= 0.6 is 0 Å². The molecule has 16 heavy (non-hydrogen) atoms. The molecule has 0 radical (unpaired) electrons. The lowest BCUT2D eigenvalue weighted by Gasteiger charge is -2.34. The zero-order valence-electron chi connectivity index (χ0n) is 8.59. The molecule has 0 aromatic rings. The van der Waals surface area contributed by atoms with E-state index in [2.05, 4.69) is 0 Å². The molecule has 3 aliphatic rings. The predicted octanol–water partition coefficient (Wildman–Crippen LogP) is 0.724. The van der Waals surface area contributed by atoms with Crippen molar-refractivity contribution in [1.82, 2.24) is 4.90 Å². The molecule has 0 unspecified atom stereocenters. The first-order valence-electron chi connectivity index (χ1n) is 5.31. The highest BCUT2D eigenvalue weighted by Crippen LogP contribution is 2.37. The van der Waals surface area contributed by atoms with Crippen LogP contribution in [0.25, 0.3) is 0 Å². The second-order valence-electron chi connectivity index (χ2n) is 4.30. The molecule has 2 heterocycles. The molecule has 2 aliphatic heterocycles. The zero-order valence-corrected chi connectivity index (χ0v) is 8.59. The lowest BCUT2D eigenvalue weighted by atomic mass is 9.82. The van der Waals surface area contributed by atoms with E-state index in [1.807, 2.05) is 23.1 Å². The van der Waals surface area contributed by atoms with Crippen LogP contribution in [0.3, 0.4) is 0 Å². The van der Waals surface area contributed by atoms with Gasteiger partial charge in [0, 0.05) is 12.7 Å². The molecule has 4 heteroatoms. The summed E-state index contributed by atoms with van der Waals surface area (Å²) in [6.07, 6.45) is 8.13. The van der Waals surface area contributed by atoms with Crippen LogP contribution in [0.2, 0.25) is 0 Å². The van der Waals surface area contributed by atoms with Gasteiger partial charge in [0.25, 0.3) is 0 Å². The predicted molar refractivity (Wildman–Crippen MR) is 56.5 cm³/mol. The van der Waals surface area contributed by atoms with E-state index < -0.39 is 5.97 Å². The third-order valence-corrected chi connectivity index (χ3v) is 3.46. The monoisotopic (exact) mass is 217 g/mol. The fourth-order valence-electron chi connectivity index (χ4n) is 2.73. The van der Waals surface area contributed by atoms with Crippen LogP contribution < -0.4 is 0 Å². The molecule has 0 amide bonds. The Morgan fingerprint density at radius 1 is 1.50 bits per heavy atom. The summed E-state index contributed by atoms with van der Waals surface area (Å²) in [5.74, 6) is -1.70. The number of carbonyl (C=O) groups is 2. The summed E-state index contributed by atoms with van der Waals surface area (Å²) in [5, 5.41) is 8.97. The van der Waals surface area contributed by atoms with Crippen molar-refractivity contribution >= 4 is 11.8 Å². The summed E-state index contributed by atoms with van der Waals surface area (Å²) < 4.78 is 0. The van der Waals surface area contributed by atoms with Gasteiger partial charge < -0.3 is 10.0 Å². The minimum atomic E-state index is -1.13. The van der Waals surface area contributed by atoms with E-state index >= 15 is 0 Å². The second kappa shape index (κ2) is 3.07. The standard InChI is InChI=1S/C12H11NO3/c14-11-8-3-1-2-7-4-5-13(10(7)8)6-9(11)12(15)16/h1-3,6,8,10H,4-5H2,(H,15,16)/t8-,10+/m0/s1. The Morgan fingerprint density at radius 3 is 3.06 bits per heavy atom. The fourth-order valence-corrected chi connectivity index (χ4v) is 2.73. The number of aliphatic carboxylic acids is 1. The number of nitrogens with zero attached hydrogens (tertiary/aromatic N) is 1. The molecule has 3 rings (SSSR count). The number of carbonyl (C=O) groups excluding carboxylic acids is 1. The molecule has 0 saturated carbocycles. The van der Waals surface area contributed by atoms with Gasteiger partial charge in [-0.25, -0.2) is 4.79 Å². The Labute approximate surface area is 92.5 Å². The first-order valence-corrected chi connectivity index (χ1v) is 5.31. The lowest BCUT2D eigenvalue weighted by molar-refractivity contribution is -0.135. The van der Waals surface area contributed by atoms with Gasteiger partial charge >= 0.3 is 5.97 Å². The maximum atomic E-state index is 12.0. The van der Waals surface area contributed by atoms with Crippen LogP contribution in [0.5, 0.6) is 0 Å². The topological polar surface area (TPSA) is 57.6 Å². The maximum absolute atomic E-state index is 12.0. The summed E-state index contributed by atoms with van der Waals surface area (Å²) in [4.78, 5) is 24.9.